The lowest BCUT2D eigenvalue weighted by atomic mass is 10.1. The standard InChI is InChI=1S/C12H15NO2/c1-3-14-11-8-6-5-7-10(11)12(9-13)15-4-2/h5-8,12H,3-4H2,1-2H3. The fraction of sp³-hybridized carbons (Fsp3) is 0.417. The molecule has 0 fully saturated rings. The molecule has 0 aliphatic carbocycles. The zero-order chi connectivity index (χ0) is 11.1. The fourth-order valence-electron chi connectivity index (χ4n) is 1.35. The molecule has 0 heterocycles. The molecule has 0 saturated carbocycles. The Morgan fingerprint density at radius 1 is 1.27 bits per heavy atom. The van der Waals surface area contributed by atoms with E-state index in [4.69, 9.17) is 14.7 Å². The van der Waals surface area contributed by atoms with Crippen LogP contribution < -0.4 is 4.74 Å². The maximum Gasteiger partial charge on any atom is 0.172 e. The summed E-state index contributed by atoms with van der Waals surface area (Å²) in [5.41, 5.74) is 0.795. The zero-order valence-corrected chi connectivity index (χ0v) is 9.06. The lowest BCUT2D eigenvalue weighted by Crippen LogP contribution is -2.05. The van der Waals surface area contributed by atoms with E-state index in [2.05, 4.69) is 6.07 Å². The van der Waals surface area contributed by atoms with Gasteiger partial charge in [0.15, 0.2) is 6.10 Å². The van der Waals surface area contributed by atoms with Crippen LogP contribution in [0.5, 0.6) is 5.75 Å². The van der Waals surface area contributed by atoms with Crippen LogP contribution in [-0.4, -0.2) is 13.2 Å². The van der Waals surface area contributed by atoms with Gasteiger partial charge in [0.2, 0.25) is 0 Å². The summed E-state index contributed by atoms with van der Waals surface area (Å²) in [4.78, 5) is 0. The van der Waals surface area contributed by atoms with E-state index in [9.17, 15) is 0 Å². The highest BCUT2D eigenvalue weighted by Gasteiger charge is 2.14. The highest BCUT2D eigenvalue weighted by atomic mass is 16.5. The van der Waals surface area contributed by atoms with E-state index in [0.717, 1.165) is 11.3 Å². The van der Waals surface area contributed by atoms with Gasteiger partial charge in [-0.25, -0.2) is 0 Å². The summed E-state index contributed by atoms with van der Waals surface area (Å²) >= 11 is 0. The van der Waals surface area contributed by atoms with Gasteiger partial charge in [-0.15, -0.1) is 0 Å². The average molecular weight is 205 g/mol. The predicted molar refractivity (Wildman–Crippen MR) is 57.6 cm³/mol. The minimum Gasteiger partial charge on any atom is -0.493 e. The zero-order valence-electron chi connectivity index (χ0n) is 9.06. The molecule has 1 aromatic carbocycles. The highest BCUT2D eigenvalue weighted by Crippen LogP contribution is 2.26. The molecule has 1 atom stereocenters. The molecule has 0 radical (unpaired) electrons. The predicted octanol–water partition coefficient (Wildman–Crippen LogP) is 2.69. The van der Waals surface area contributed by atoms with E-state index < -0.39 is 6.10 Å². The highest BCUT2D eigenvalue weighted by molar-refractivity contribution is 5.37. The largest absolute Gasteiger partial charge is 0.493 e. The SMILES string of the molecule is CCOc1ccccc1C(C#N)OCC. The molecule has 0 bridgehead atoms. The third-order valence-electron chi connectivity index (χ3n) is 1.95. The molecular weight excluding hydrogens is 190 g/mol. The van der Waals surface area contributed by atoms with Gasteiger partial charge in [0, 0.05) is 12.2 Å². The number of benzene rings is 1. The van der Waals surface area contributed by atoms with E-state index in [-0.39, 0.29) is 0 Å². The van der Waals surface area contributed by atoms with Crippen molar-refractivity contribution in [2.45, 2.75) is 20.0 Å². The molecule has 3 nitrogen and oxygen atoms in total. The van der Waals surface area contributed by atoms with Crippen LogP contribution in [-0.2, 0) is 4.74 Å². The molecule has 0 aromatic heterocycles. The number of ether oxygens (including phenoxy) is 2. The maximum atomic E-state index is 8.97. The van der Waals surface area contributed by atoms with Crippen LogP contribution in [0.4, 0.5) is 0 Å². The molecule has 80 valence electrons. The molecule has 3 heteroatoms. The first-order valence-corrected chi connectivity index (χ1v) is 5.06. The topological polar surface area (TPSA) is 42.2 Å². The molecule has 0 spiro atoms. The van der Waals surface area contributed by atoms with Crippen molar-refractivity contribution in [2.75, 3.05) is 13.2 Å². The molecule has 0 aliphatic heterocycles. The van der Waals surface area contributed by atoms with Gasteiger partial charge in [0.05, 0.1) is 12.7 Å². The van der Waals surface area contributed by atoms with Crippen LogP contribution in [0.25, 0.3) is 0 Å². The van der Waals surface area contributed by atoms with Gasteiger partial charge >= 0.3 is 0 Å². The van der Waals surface area contributed by atoms with Crippen molar-refractivity contribution in [2.24, 2.45) is 0 Å². The molecular formula is C12H15NO2. The van der Waals surface area contributed by atoms with Gasteiger partial charge in [0.25, 0.3) is 0 Å². The molecule has 0 amide bonds. The number of hydrogen-bond donors (Lipinski definition) is 0. The normalized spacial score (nSPS) is 11.8. The Morgan fingerprint density at radius 2 is 2.00 bits per heavy atom. The van der Waals surface area contributed by atoms with Crippen molar-refractivity contribution in [3.8, 4) is 11.8 Å². The van der Waals surface area contributed by atoms with Crippen molar-refractivity contribution >= 4 is 0 Å². The minimum atomic E-state index is -0.544. The smallest absolute Gasteiger partial charge is 0.172 e. The monoisotopic (exact) mass is 205 g/mol. The number of rotatable bonds is 5. The molecule has 1 unspecified atom stereocenters. The van der Waals surface area contributed by atoms with Gasteiger partial charge < -0.3 is 9.47 Å². The molecule has 0 N–H and O–H groups in total. The van der Waals surface area contributed by atoms with Crippen molar-refractivity contribution in [3.63, 3.8) is 0 Å². The molecule has 0 saturated heterocycles. The van der Waals surface area contributed by atoms with E-state index in [1.807, 2.05) is 38.1 Å². The minimum absolute atomic E-state index is 0.513. The lowest BCUT2D eigenvalue weighted by molar-refractivity contribution is 0.0994. The molecule has 0 aliphatic rings. The summed E-state index contributed by atoms with van der Waals surface area (Å²) in [7, 11) is 0. The van der Waals surface area contributed by atoms with Crippen molar-refractivity contribution in [1.29, 1.82) is 5.26 Å². The molecule has 1 rings (SSSR count). The Hall–Kier alpha value is -1.53. The third-order valence-corrected chi connectivity index (χ3v) is 1.95. The number of hydrogen-bond acceptors (Lipinski definition) is 3. The maximum absolute atomic E-state index is 8.97. The Morgan fingerprint density at radius 3 is 2.60 bits per heavy atom. The van der Waals surface area contributed by atoms with Crippen LogP contribution in [0, 0.1) is 11.3 Å². The summed E-state index contributed by atoms with van der Waals surface area (Å²) in [6.07, 6.45) is -0.544. The number of nitriles is 1. The summed E-state index contributed by atoms with van der Waals surface area (Å²) in [5.74, 6) is 0.722. The van der Waals surface area contributed by atoms with Crippen molar-refractivity contribution in [3.05, 3.63) is 29.8 Å². The Labute approximate surface area is 90.2 Å². The molecule has 15 heavy (non-hydrogen) atoms. The summed E-state index contributed by atoms with van der Waals surface area (Å²) in [6, 6.07) is 9.58. The first kappa shape index (κ1) is 11.5. The van der Waals surface area contributed by atoms with Crippen LogP contribution in [0.3, 0.4) is 0 Å². The first-order valence-electron chi connectivity index (χ1n) is 5.06. The third kappa shape index (κ3) is 2.97. The van der Waals surface area contributed by atoms with Gasteiger partial charge in [-0.1, -0.05) is 18.2 Å². The number of nitrogens with zero attached hydrogens (tertiary/aromatic N) is 1. The van der Waals surface area contributed by atoms with Crippen molar-refractivity contribution in [1.82, 2.24) is 0 Å². The van der Waals surface area contributed by atoms with E-state index in [1.54, 1.807) is 0 Å². The first-order chi connectivity index (χ1) is 7.33. The Balaban J connectivity index is 2.95. The summed E-state index contributed by atoms with van der Waals surface area (Å²) in [6.45, 7) is 4.88. The summed E-state index contributed by atoms with van der Waals surface area (Å²) < 4.78 is 10.8. The van der Waals surface area contributed by atoms with Crippen LogP contribution in [0.15, 0.2) is 24.3 Å². The van der Waals surface area contributed by atoms with E-state index in [0.29, 0.717) is 13.2 Å². The quantitative estimate of drug-likeness (QED) is 0.742. The van der Waals surface area contributed by atoms with Crippen LogP contribution >= 0.6 is 0 Å². The summed E-state index contributed by atoms with van der Waals surface area (Å²) in [5, 5.41) is 8.97. The second-order valence-electron chi connectivity index (χ2n) is 2.94. The van der Waals surface area contributed by atoms with Crippen molar-refractivity contribution < 1.29 is 9.47 Å². The second kappa shape index (κ2) is 6.05. The van der Waals surface area contributed by atoms with E-state index >= 15 is 0 Å². The van der Waals surface area contributed by atoms with E-state index in [1.165, 1.54) is 0 Å². The van der Waals surface area contributed by atoms with Gasteiger partial charge in [-0.2, -0.15) is 5.26 Å². The van der Waals surface area contributed by atoms with Gasteiger partial charge in [-0.3, -0.25) is 0 Å². The lowest BCUT2D eigenvalue weighted by Gasteiger charge is -2.14. The second-order valence-corrected chi connectivity index (χ2v) is 2.94. The van der Waals surface area contributed by atoms with Gasteiger partial charge in [-0.05, 0) is 19.9 Å². The van der Waals surface area contributed by atoms with Crippen LogP contribution in [0.2, 0.25) is 0 Å². The Bertz CT molecular complexity index is 344. The van der Waals surface area contributed by atoms with Crippen LogP contribution in [0.1, 0.15) is 25.5 Å². The fourth-order valence-corrected chi connectivity index (χ4v) is 1.35. The molecule has 1 aromatic rings. The average Bonchev–Trinajstić information content (AvgIpc) is 2.27. The number of para-hydroxylation sites is 1. The Kier molecular flexibility index (Phi) is 4.65. The van der Waals surface area contributed by atoms with Gasteiger partial charge in [0.1, 0.15) is 5.75 Å².